The van der Waals surface area contributed by atoms with Gasteiger partial charge in [0.15, 0.2) is 0 Å². The van der Waals surface area contributed by atoms with Crippen molar-refractivity contribution in [1.82, 2.24) is 10.0 Å². The van der Waals surface area contributed by atoms with E-state index >= 15 is 0 Å². The van der Waals surface area contributed by atoms with Crippen LogP contribution in [-0.2, 0) is 40.8 Å². The zero-order chi connectivity index (χ0) is 22.1. The summed E-state index contributed by atoms with van der Waals surface area (Å²) in [6.07, 6.45) is 1.19. The van der Waals surface area contributed by atoms with E-state index in [2.05, 4.69) is 41.2 Å². The van der Waals surface area contributed by atoms with Crippen molar-refractivity contribution in [2.75, 3.05) is 19.4 Å². The van der Waals surface area contributed by atoms with Gasteiger partial charge in [-0.25, -0.2) is 13.1 Å². The summed E-state index contributed by atoms with van der Waals surface area (Å²) < 4.78 is 32.9. The van der Waals surface area contributed by atoms with E-state index in [9.17, 15) is 8.42 Å². The third-order valence-electron chi connectivity index (χ3n) is 4.99. The Bertz CT molecular complexity index is 1030. The van der Waals surface area contributed by atoms with Crippen LogP contribution in [0.3, 0.4) is 0 Å². The second-order valence-corrected chi connectivity index (χ2v) is 9.44. The average molecular weight is 540 g/mol. The van der Waals surface area contributed by atoms with Crippen molar-refractivity contribution in [3.05, 3.63) is 107 Å². The molecule has 3 rings (SSSR count). The Kier molecular flexibility index (Phi) is 10.7. The van der Waals surface area contributed by atoms with Crippen molar-refractivity contribution in [3.63, 3.8) is 0 Å². The Morgan fingerprint density at radius 1 is 0.812 bits per heavy atom. The standard InChI is InChI=1S/C25H30N2O3S.Ru/c1-20-13-15-21(16-14-20)19-30-18-17-26-24(22-9-5-3-6-10-22)25(27-31(2,28)29)23-11-7-4-8-12-23;/h3-16,24-27H,17-19H2,1-2H3;/q;+2/t24-,25-;/m1./s1. The number of rotatable bonds is 11. The first-order chi connectivity index (χ1) is 14.9. The Morgan fingerprint density at radius 3 is 1.88 bits per heavy atom. The number of sulfonamides is 1. The summed E-state index contributed by atoms with van der Waals surface area (Å²) in [6.45, 7) is 3.70. The van der Waals surface area contributed by atoms with Gasteiger partial charge >= 0.3 is 19.5 Å². The van der Waals surface area contributed by atoms with Crippen molar-refractivity contribution in [1.29, 1.82) is 0 Å². The van der Waals surface area contributed by atoms with Gasteiger partial charge in [0, 0.05) is 6.54 Å². The van der Waals surface area contributed by atoms with Gasteiger partial charge in [-0.1, -0.05) is 90.5 Å². The quantitative estimate of drug-likeness (QED) is 0.284. The minimum atomic E-state index is -3.42. The van der Waals surface area contributed by atoms with E-state index in [1.807, 2.05) is 60.7 Å². The second-order valence-electron chi connectivity index (χ2n) is 7.66. The molecule has 0 saturated heterocycles. The summed E-state index contributed by atoms with van der Waals surface area (Å²) >= 11 is 0. The average Bonchev–Trinajstić information content (AvgIpc) is 2.77. The maximum atomic E-state index is 12.1. The topological polar surface area (TPSA) is 67.4 Å². The first-order valence-electron chi connectivity index (χ1n) is 10.4. The van der Waals surface area contributed by atoms with Crippen LogP contribution in [0.1, 0.15) is 34.3 Å². The maximum Gasteiger partial charge on any atom is 2.00 e. The minimum Gasteiger partial charge on any atom is -0.375 e. The zero-order valence-electron chi connectivity index (χ0n) is 18.3. The SMILES string of the molecule is Cc1ccc(COCCN[C@H](c2ccccc2)[C@H](NS(C)(=O)=O)c2ccccc2)cc1.[Ru+2]. The van der Waals surface area contributed by atoms with Crippen molar-refractivity contribution < 1.29 is 32.6 Å². The Morgan fingerprint density at radius 2 is 1.34 bits per heavy atom. The van der Waals surface area contributed by atoms with Gasteiger partial charge in [0.1, 0.15) is 0 Å². The van der Waals surface area contributed by atoms with Gasteiger partial charge in [-0.15, -0.1) is 0 Å². The van der Waals surface area contributed by atoms with Gasteiger partial charge in [0.25, 0.3) is 0 Å². The summed E-state index contributed by atoms with van der Waals surface area (Å²) in [5.41, 5.74) is 4.26. The van der Waals surface area contributed by atoms with Crippen molar-refractivity contribution >= 4 is 10.0 Å². The molecule has 7 heteroatoms. The number of ether oxygens (including phenoxy) is 1. The normalized spacial score (nSPS) is 13.2. The third-order valence-corrected chi connectivity index (χ3v) is 5.67. The molecule has 0 bridgehead atoms. The van der Waals surface area contributed by atoms with E-state index in [-0.39, 0.29) is 25.5 Å². The van der Waals surface area contributed by atoms with Crippen LogP contribution in [0.25, 0.3) is 0 Å². The molecule has 5 nitrogen and oxygen atoms in total. The molecule has 0 amide bonds. The van der Waals surface area contributed by atoms with Crippen LogP contribution in [-0.4, -0.2) is 27.8 Å². The molecular weight excluding hydrogens is 509 g/mol. The molecular formula is C25H30N2O3RuS+2. The van der Waals surface area contributed by atoms with Gasteiger partial charge < -0.3 is 10.1 Å². The van der Waals surface area contributed by atoms with Crippen LogP contribution in [0.2, 0.25) is 0 Å². The molecule has 0 aromatic heterocycles. The summed E-state index contributed by atoms with van der Waals surface area (Å²) in [5.74, 6) is 0. The number of benzene rings is 3. The molecule has 0 saturated carbocycles. The van der Waals surface area contributed by atoms with E-state index in [0.29, 0.717) is 19.8 Å². The van der Waals surface area contributed by atoms with Crippen molar-refractivity contribution in [2.45, 2.75) is 25.6 Å². The second kappa shape index (κ2) is 13.0. The molecule has 170 valence electrons. The zero-order valence-corrected chi connectivity index (χ0v) is 20.9. The van der Waals surface area contributed by atoms with Crippen LogP contribution < -0.4 is 10.0 Å². The van der Waals surface area contributed by atoms with Crippen LogP contribution >= 0.6 is 0 Å². The largest absolute Gasteiger partial charge is 2.00 e. The molecule has 3 aromatic carbocycles. The molecule has 0 heterocycles. The van der Waals surface area contributed by atoms with Crippen LogP contribution in [0, 0.1) is 6.92 Å². The van der Waals surface area contributed by atoms with Crippen LogP contribution in [0.5, 0.6) is 0 Å². The van der Waals surface area contributed by atoms with Gasteiger partial charge in [0.2, 0.25) is 10.0 Å². The molecule has 0 fully saturated rings. The molecule has 0 spiro atoms. The monoisotopic (exact) mass is 540 g/mol. The molecule has 0 radical (unpaired) electrons. The first-order valence-corrected chi connectivity index (χ1v) is 12.3. The van der Waals surface area contributed by atoms with Crippen LogP contribution in [0.15, 0.2) is 84.9 Å². The fraction of sp³-hybridized carbons (Fsp3) is 0.280. The number of aryl methyl sites for hydroxylation is 1. The maximum absolute atomic E-state index is 12.1. The molecule has 2 N–H and O–H groups in total. The summed E-state index contributed by atoms with van der Waals surface area (Å²) in [4.78, 5) is 0. The van der Waals surface area contributed by atoms with Gasteiger partial charge in [-0.3, -0.25) is 0 Å². The Balaban J connectivity index is 0.00000363. The molecule has 0 aliphatic carbocycles. The number of nitrogens with one attached hydrogen (secondary N) is 2. The number of hydrogen-bond acceptors (Lipinski definition) is 4. The smallest absolute Gasteiger partial charge is 0.375 e. The first kappa shape index (κ1) is 26.4. The minimum absolute atomic E-state index is 0. The molecule has 32 heavy (non-hydrogen) atoms. The summed E-state index contributed by atoms with van der Waals surface area (Å²) in [5, 5.41) is 3.50. The molecule has 3 aromatic rings. The molecule has 2 atom stereocenters. The van der Waals surface area contributed by atoms with Crippen molar-refractivity contribution in [3.8, 4) is 0 Å². The Labute approximate surface area is 204 Å². The van der Waals surface area contributed by atoms with Gasteiger partial charge in [0.05, 0.1) is 31.6 Å². The molecule has 0 aliphatic rings. The third kappa shape index (κ3) is 8.57. The van der Waals surface area contributed by atoms with E-state index in [1.165, 1.54) is 11.8 Å². The molecule has 0 aliphatic heterocycles. The van der Waals surface area contributed by atoms with E-state index in [0.717, 1.165) is 16.7 Å². The molecule has 0 unspecified atom stereocenters. The van der Waals surface area contributed by atoms with E-state index in [1.54, 1.807) is 0 Å². The van der Waals surface area contributed by atoms with E-state index in [4.69, 9.17) is 4.74 Å². The predicted molar refractivity (Wildman–Crippen MR) is 125 cm³/mol. The van der Waals surface area contributed by atoms with Crippen molar-refractivity contribution in [2.24, 2.45) is 0 Å². The van der Waals surface area contributed by atoms with Gasteiger partial charge in [-0.2, -0.15) is 0 Å². The van der Waals surface area contributed by atoms with Crippen LogP contribution in [0.4, 0.5) is 0 Å². The number of hydrogen-bond donors (Lipinski definition) is 2. The van der Waals surface area contributed by atoms with Gasteiger partial charge in [-0.05, 0) is 23.6 Å². The Hall–Kier alpha value is -1.89. The summed E-state index contributed by atoms with van der Waals surface area (Å²) in [6, 6.07) is 27.1. The van der Waals surface area contributed by atoms with E-state index < -0.39 is 16.1 Å². The predicted octanol–water partition coefficient (Wildman–Crippen LogP) is 4.13. The fourth-order valence-corrected chi connectivity index (χ4v) is 4.20. The summed E-state index contributed by atoms with van der Waals surface area (Å²) in [7, 11) is -3.42. The fourth-order valence-electron chi connectivity index (χ4n) is 3.47.